The molecule has 2 aliphatic carbocycles. The molecule has 3 nitrogen and oxygen atoms in total. The van der Waals surface area contributed by atoms with Crippen LogP contribution in [0.4, 0.5) is 35.1 Å². The second-order valence-corrected chi connectivity index (χ2v) is 11.5. The molecule has 0 spiro atoms. The number of halogens is 8. The molecule has 5 rings (SSSR count). The van der Waals surface area contributed by atoms with E-state index in [1.54, 1.807) is 0 Å². The maximum atomic E-state index is 14.9. The fourth-order valence-corrected chi connectivity index (χ4v) is 6.85. The molecule has 2 aromatic rings. The summed E-state index contributed by atoms with van der Waals surface area (Å²) in [5.41, 5.74) is -1.40. The Balaban J connectivity index is 1.19. The number of hydrogen-bond acceptors (Lipinski definition) is 3. The summed E-state index contributed by atoms with van der Waals surface area (Å²) < 4.78 is 124. The third-order valence-electron chi connectivity index (χ3n) is 8.91. The van der Waals surface area contributed by atoms with Gasteiger partial charge in [0.05, 0.1) is 12.7 Å². The highest BCUT2D eigenvalue weighted by molar-refractivity contribution is 5.35. The molecule has 0 N–H and O–H groups in total. The van der Waals surface area contributed by atoms with E-state index in [0.29, 0.717) is 36.8 Å². The lowest BCUT2D eigenvalue weighted by Crippen LogP contribution is -2.35. The average molecular weight is 593 g/mol. The number of hydrogen-bond donors (Lipinski definition) is 0. The summed E-state index contributed by atoms with van der Waals surface area (Å²) in [6, 6.07) is 2.94. The Kier molecular flexibility index (Phi) is 8.74. The van der Waals surface area contributed by atoms with Crippen LogP contribution in [0, 0.1) is 35.2 Å². The minimum atomic E-state index is -5.21. The van der Waals surface area contributed by atoms with E-state index in [4.69, 9.17) is 4.74 Å². The van der Waals surface area contributed by atoms with Crippen molar-refractivity contribution in [1.29, 1.82) is 0 Å². The molecule has 2 unspecified atom stereocenters. The average Bonchev–Trinajstić information content (AvgIpc) is 3.44. The molecule has 3 aliphatic rings. The summed E-state index contributed by atoms with van der Waals surface area (Å²) in [4.78, 5) is 0. The van der Waals surface area contributed by atoms with Crippen molar-refractivity contribution in [3.63, 3.8) is 0 Å². The minimum Gasteiger partial charge on any atom is -0.429 e. The first-order chi connectivity index (χ1) is 19.4. The first-order valence-electron chi connectivity index (χ1n) is 14.1. The SMILES string of the molecule is Fc1cc(OC(F)(F)c2c(F)cc(C3CCC(C4CCC(C5CCCC5)CO4)CC3)cc2F)ccc1OC(F)(F)F. The molecule has 0 aromatic heterocycles. The van der Waals surface area contributed by atoms with Crippen LogP contribution in [-0.2, 0) is 10.8 Å². The van der Waals surface area contributed by atoms with Crippen LogP contribution in [0.1, 0.15) is 81.3 Å². The van der Waals surface area contributed by atoms with Crippen molar-refractivity contribution in [3.8, 4) is 11.5 Å². The predicted octanol–water partition coefficient (Wildman–Crippen LogP) is 9.39. The molecule has 2 atom stereocenters. The van der Waals surface area contributed by atoms with Gasteiger partial charge >= 0.3 is 12.5 Å². The van der Waals surface area contributed by atoms with Gasteiger partial charge in [0.15, 0.2) is 11.6 Å². The third-order valence-corrected chi connectivity index (χ3v) is 8.91. The van der Waals surface area contributed by atoms with Crippen LogP contribution in [0.2, 0.25) is 0 Å². The highest BCUT2D eigenvalue weighted by atomic mass is 19.4. The molecule has 1 saturated heterocycles. The fourth-order valence-electron chi connectivity index (χ4n) is 6.85. The lowest BCUT2D eigenvalue weighted by atomic mass is 9.74. The molecule has 2 saturated carbocycles. The summed E-state index contributed by atoms with van der Waals surface area (Å²) in [5.74, 6) is -5.35. The third kappa shape index (κ3) is 7.09. The fraction of sp³-hybridized carbons (Fsp3) is 0.600. The number of alkyl halides is 5. The maximum Gasteiger partial charge on any atom is 0.573 e. The van der Waals surface area contributed by atoms with E-state index >= 15 is 0 Å². The second kappa shape index (κ2) is 12.0. The Hall–Kier alpha value is -2.56. The molecular formula is C30H32F8O3. The first kappa shape index (κ1) is 29.9. The molecular weight excluding hydrogens is 560 g/mol. The summed E-state index contributed by atoms with van der Waals surface area (Å²) in [6.45, 7) is 0.793. The van der Waals surface area contributed by atoms with Crippen LogP contribution in [0.25, 0.3) is 0 Å². The lowest BCUT2D eigenvalue weighted by molar-refractivity contribution is -0.275. The maximum absolute atomic E-state index is 14.9. The van der Waals surface area contributed by atoms with Crippen molar-refractivity contribution in [2.24, 2.45) is 17.8 Å². The van der Waals surface area contributed by atoms with Gasteiger partial charge in [0.2, 0.25) is 0 Å². The van der Waals surface area contributed by atoms with Crippen molar-refractivity contribution in [1.82, 2.24) is 0 Å². The molecule has 226 valence electrons. The van der Waals surface area contributed by atoms with E-state index in [-0.39, 0.29) is 23.7 Å². The molecule has 11 heteroatoms. The van der Waals surface area contributed by atoms with Gasteiger partial charge in [-0.3, -0.25) is 0 Å². The van der Waals surface area contributed by atoms with Crippen LogP contribution in [-0.4, -0.2) is 19.1 Å². The molecule has 2 aromatic carbocycles. The monoisotopic (exact) mass is 592 g/mol. The van der Waals surface area contributed by atoms with Crippen LogP contribution in [0.5, 0.6) is 11.5 Å². The van der Waals surface area contributed by atoms with Crippen LogP contribution < -0.4 is 9.47 Å². The van der Waals surface area contributed by atoms with E-state index in [1.165, 1.54) is 32.1 Å². The van der Waals surface area contributed by atoms with E-state index in [2.05, 4.69) is 9.47 Å². The van der Waals surface area contributed by atoms with E-state index < -0.39 is 47.0 Å². The van der Waals surface area contributed by atoms with E-state index in [1.807, 2.05) is 0 Å². The molecule has 0 amide bonds. The standard InChI is InChI=1S/C30H32F8O3/c31-23-15-22(10-12-27(23)41-30(36,37)38)40-29(34,35)28-24(32)13-21(14-25(28)33)18-5-7-19(8-6-18)26-11-9-20(16-39-26)17-3-1-2-4-17/h10,12-15,17-20,26H,1-9,11,16H2. The van der Waals surface area contributed by atoms with Gasteiger partial charge in [0, 0.05) is 6.07 Å². The summed E-state index contributed by atoms with van der Waals surface area (Å²) in [6.07, 6.45) is 0.701. The zero-order valence-electron chi connectivity index (χ0n) is 22.3. The normalized spacial score (nSPS) is 26.2. The molecule has 0 radical (unpaired) electrons. The highest BCUT2D eigenvalue weighted by Crippen LogP contribution is 2.44. The number of rotatable bonds is 7. The van der Waals surface area contributed by atoms with Crippen LogP contribution >= 0.6 is 0 Å². The zero-order valence-corrected chi connectivity index (χ0v) is 22.3. The van der Waals surface area contributed by atoms with E-state index in [9.17, 15) is 35.1 Å². The Bertz CT molecular complexity index is 1170. The number of ether oxygens (including phenoxy) is 3. The Morgan fingerprint density at radius 1 is 0.659 bits per heavy atom. The van der Waals surface area contributed by atoms with Gasteiger partial charge < -0.3 is 14.2 Å². The number of benzene rings is 2. The Morgan fingerprint density at radius 3 is 1.85 bits per heavy atom. The van der Waals surface area contributed by atoms with Gasteiger partial charge in [-0.15, -0.1) is 13.2 Å². The molecule has 1 aliphatic heterocycles. The molecule has 0 bridgehead atoms. The molecule has 3 fully saturated rings. The zero-order chi connectivity index (χ0) is 29.4. The summed E-state index contributed by atoms with van der Waals surface area (Å²) in [7, 11) is 0. The summed E-state index contributed by atoms with van der Waals surface area (Å²) in [5, 5.41) is 0. The Morgan fingerprint density at radius 2 is 1.29 bits per heavy atom. The van der Waals surface area contributed by atoms with Gasteiger partial charge in [0.1, 0.15) is 22.9 Å². The van der Waals surface area contributed by atoms with Gasteiger partial charge in [-0.2, -0.15) is 8.78 Å². The lowest BCUT2D eigenvalue weighted by Gasteiger charge is -2.39. The highest BCUT2D eigenvalue weighted by Gasteiger charge is 2.42. The molecule has 1 heterocycles. The molecule has 41 heavy (non-hydrogen) atoms. The first-order valence-corrected chi connectivity index (χ1v) is 14.1. The van der Waals surface area contributed by atoms with Crippen molar-refractivity contribution in [2.45, 2.75) is 88.7 Å². The van der Waals surface area contributed by atoms with Crippen molar-refractivity contribution < 1.29 is 49.3 Å². The van der Waals surface area contributed by atoms with Crippen LogP contribution in [0.15, 0.2) is 30.3 Å². The largest absolute Gasteiger partial charge is 0.573 e. The summed E-state index contributed by atoms with van der Waals surface area (Å²) >= 11 is 0. The van der Waals surface area contributed by atoms with Gasteiger partial charge in [-0.25, -0.2) is 13.2 Å². The smallest absolute Gasteiger partial charge is 0.429 e. The minimum absolute atomic E-state index is 0.180. The predicted molar refractivity (Wildman–Crippen MR) is 133 cm³/mol. The quantitative estimate of drug-likeness (QED) is 0.300. The second-order valence-electron chi connectivity index (χ2n) is 11.5. The van der Waals surface area contributed by atoms with Gasteiger partial charge in [0.25, 0.3) is 0 Å². The van der Waals surface area contributed by atoms with E-state index in [0.717, 1.165) is 43.9 Å². The van der Waals surface area contributed by atoms with Crippen LogP contribution in [0.3, 0.4) is 0 Å². The topological polar surface area (TPSA) is 27.7 Å². The Labute approximate surface area is 233 Å². The van der Waals surface area contributed by atoms with Gasteiger partial charge in [-0.1, -0.05) is 25.7 Å². The van der Waals surface area contributed by atoms with Crippen molar-refractivity contribution in [3.05, 3.63) is 58.9 Å². The van der Waals surface area contributed by atoms with Crippen molar-refractivity contribution >= 4 is 0 Å². The van der Waals surface area contributed by atoms with Gasteiger partial charge in [-0.05, 0) is 92.0 Å². The van der Waals surface area contributed by atoms with Crippen molar-refractivity contribution in [2.75, 3.05) is 6.61 Å².